The predicted octanol–water partition coefficient (Wildman–Crippen LogP) is 4.06. The highest BCUT2D eigenvalue weighted by atomic mass is 19.4. The lowest BCUT2D eigenvalue weighted by Crippen LogP contribution is -2.43. The number of piperidine rings is 1. The largest absolute Gasteiger partial charge is 0.417 e. The minimum Gasteiger partial charge on any atom is -0.371 e. The third-order valence-electron chi connectivity index (χ3n) is 3.74. The first-order valence-corrected chi connectivity index (χ1v) is 7.93. The zero-order valence-corrected chi connectivity index (χ0v) is 14.4. The molecule has 0 aliphatic carbocycles. The molecule has 4 nitrogen and oxygen atoms in total. The average Bonchev–Trinajstić information content (AvgIpc) is 2.44. The fraction of sp³-hybridized carbons (Fsp3) is 0.647. The van der Waals surface area contributed by atoms with Gasteiger partial charge in [-0.15, -0.1) is 0 Å². The van der Waals surface area contributed by atoms with Crippen LogP contribution in [0.3, 0.4) is 0 Å². The summed E-state index contributed by atoms with van der Waals surface area (Å²) in [6.45, 7) is 8.33. The van der Waals surface area contributed by atoms with Gasteiger partial charge in [-0.05, 0) is 46.6 Å². The molecule has 1 aliphatic heterocycles. The van der Waals surface area contributed by atoms with E-state index in [4.69, 9.17) is 4.74 Å². The van der Waals surface area contributed by atoms with Crippen molar-refractivity contribution in [1.82, 2.24) is 4.98 Å². The summed E-state index contributed by atoms with van der Waals surface area (Å²) in [4.78, 5) is 5.96. The summed E-state index contributed by atoms with van der Waals surface area (Å²) in [6.07, 6.45) is -3.05. The topological polar surface area (TPSA) is 49.2 Å². The van der Waals surface area contributed by atoms with E-state index < -0.39 is 17.3 Å². The standard InChI is InChI=1S/C17H22F3N3O/c1-11-8-14(17(18,19)20)13(9-21)15(22-11)23-7-5-6-12(10-23)24-16(2,3)4/h8,12H,5-7,10H2,1-4H3/t12-/m1/s1. The highest BCUT2D eigenvalue weighted by Crippen LogP contribution is 2.36. The molecule has 0 unspecified atom stereocenters. The molecule has 1 saturated heterocycles. The Morgan fingerprint density at radius 3 is 2.54 bits per heavy atom. The molecule has 1 atom stereocenters. The van der Waals surface area contributed by atoms with Crippen molar-refractivity contribution in [3.63, 3.8) is 0 Å². The van der Waals surface area contributed by atoms with E-state index in [1.54, 1.807) is 11.0 Å². The highest BCUT2D eigenvalue weighted by Gasteiger charge is 2.37. The summed E-state index contributed by atoms with van der Waals surface area (Å²) >= 11 is 0. The minimum absolute atomic E-state index is 0.0954. The van der Waals surface area contributed by atoms with Gasteiger partial charge in [-0.3, -0.25) is 0 Å². The van der Waals surface area contributed by atoms with Crippen LogP contribution in [-0.2, 0) is 10.9 Å². The van der Waals surface area contributed by atoms with E-state index in [1.165, 1.54) is 6.92 Å². The summed E-state index contributed by atoms with van der Waals surface area (Å²) in [7, 11) is 0. The summed E-state index contributed by atoms with van der Waals surface area (Å²) in [5.74, 6) is 0.104. The third kappa shape index (κ3) is 4.38. The van der Waals surface area contributed by atoms with Gasteiger partial charge >= 0.3 is 6.18 Å². The zero-order chi connectivity index (χ0) is 18.1. The SMILES string of the molecule is Cc1cc(C(F)(F)F)c(C#N)c(N2CCC[C@@H](OC(C)(C)C)C2)n1. The smallest absolute Gasteiger partial charge is 0.371 e. The summed E-state index contributed by atoms with van der Waals surface area (Å²) < 4.78 is 45.7. The van der Waals surface area contributed by atoms with Crippen molar-refractivity contribution in [3.05, 3.63) is 22.9 Å². The van der Waals surface area contributed by atoms with Gasteiger partial charge in [-0.25, -0.2) is 4.98 Å². The Bertz CT molecular complexity index is 644. The first-order valence-electron chi connectivity index (χ1n) is 7.93. The van der Waals surface area contributed by atoms with Crippen LogP contribution in [0.5, 0.6) is 0 Å². The van der Waals surface area contributed by atoms with Gasteiger partial charge in [-0.2, -0.15) is 18.4 Å². The number of anilines is 1. The number of hydrogen-bond acceptors (Lipinski definition) is 4. The van der Waals surface area contributed by atoms with Crippen LogP contribution in [0.1, 0.15) is 50.4 Å². The van der Waals surface area contributed by atoms with Crippen molar-refractivity contribution in [1.29, 1.82) is 5.26 Å². The van der Waals surface area contributed by atoms with Crippen molar-refractivity contribution in [2.45, 2.75) is 58.4 Å². The van der Waals surface area contributed by atoms with Crippen LogP contribution in [0.4, 0.5) is 19.0 Å². The molecule has 0 saturated carbocycles. The van der Waals surface area contributed by atoms with Gasteiger partial charge in [0.15, 0.2) is 0 Å². The second kappa shape index (κ2) is 6.60. The molecule has 0 radical (unpaired) electrons. The summed E-state index contributed by atoms with van der Waals surface area (Å²) in [5.41, 5.74) is -1.42. The number of alkyl halides is 3. The molecule has 132 valence electrons. The number of ether oxygens (including phenoxy) is 1. The number of nitrogens with zero attached hydrogens (tertiary/aromatic N) is 3. The average molecular weight is 341 g/mol. The Hall–Kier alpha value is -1.81. The van der Waals surface area contributed by atoms with Crippen LogP contribution >= 0.6 is 0 Å². The Morgan fingerprint density at radius 1 is 1.33 bits per heavy atom. The molecule has 0 N–H and O–H groups in total. The van der Waals surface area contributed by atoms with Crippen LogP contribution < -0.4 is 4.90 Å². The molecular formula is C17H22F3N3O. The number of pyridine rings is 1. The van der Waals surface area contributed by atoms with E-state index in [0.29, 0.717) is 13.1 Å². The zero-order valence-electron chi connectivity index (χ0n) is 14.4. The molecule has 2 rings (SSSR count). The van der Waals surface area contributed by atoms with E-state index in [9.17, 15) is 18.4 Å². The van der Waals surface area contributed by atoms with E-state index >= 15 is 0 Å². The van der Waals surface area contributed by atoms with Crippen molar-refractivity contribution >= 4 is 5.82 Å². The van der Waals surface area contributed by atoms with E-state index in [-0.39, 0.29) is 23.2 Å². The summed E-state index contributed by atoms with van der Waals surface area (Å²) in [6, 6.07) is 2.62. The van der Waals surface area contributed by atoms with Gasteiger partial charge in [-0.1, -0.05) is 0 Å². The molecule has 1 aromatic rings. The van der Waals surface area contributed by atoms with Crippen molar-refractivity contribution < 1.29 is 17.9 Å². The second-order valence-electron chi connectivity index (χ2n) is 7.06. The maximum absolute atomic E-state index is 13.2. The van der Waals surface area contributed by atoms with Gasteiger partial charge in [0, 0.05) is 18.8 Å². The molecule has 0 spiro atoms. The lowest BCUT2D eigenvalue weighted by molar-refractivity contribution is -0.137. The summed E-state index contributed by atoms with van der Waals surface area (Å²) in [5, 5.41) is 9.29. The first kappa shape index (κ1) is 18.5. The maximum Gasteiger partial charge on any atom is 0.417 e. The first-order chi connectivity index (χ1) is 11.0. The van der Waals surface area contributed by atoms with Crippen LogP contribution in [0, 0.1) is 18.3 Å². The van der Waals surface area contributed by atoms with Crippen LogP contribution in [0.2, 0.25) is 0 Å². The maximum atomic E-state index is 13.2. The molecule has 0 amide bonds. The molecule has 7 heteroatoms. The van der Waals surface area contributed by atoms with Crippen molar-refractivity contribution in [2.75, 3.05) is 18.0 Å². The predicted molar refractivity (Wildman–Crippen MR) is 84.8 cm³/mol. The van der Waals surface area contributed by atoms with Gasteiger partial charge in [0.05, 0.1) is 17.3 Å². The number of aryl methyl sites for hydroxylation is 1. The number of nitriles is 1. The molecule has 0 bridgehead atoms. The van der Waals surface area contributed by atoms with Gasteiger partial charge in [0.1, 0.15) is 17.5 Å². The lowest BCUT2D eigenvalue weighted by atomic mass is 10.0. The second-order valence-corrected chi connectivity index (χ2v) is 7.06. The van der Waals surface area contributed by atoms with Crippen molar-refractivity contribution in [2.24, 2.45) is 0 Å². The molecule has 1 fully saturated rings. The number of halogens is 3. The van der Waals surface area contributed by atoms with Crippen molar-refractivity contribution in [3.8, 4) is 6.07 Å². The van der Waals surface area contributed by atoms with Gasteiger partial charge in [0.25, 0.3) is 0 Å². The molecule has 1 aliphatic rings. The highest BCUT2D eigenvalue weighted by molar-refractivity contribution is 5.59. The Labute approximate surface area is 140 Å². The molecule has 1 aromatic heterocycles. The number of aromatic nitrogens is 1. The number of hydrogen-bond donors (Lipinski definition) is 0. The Kier molecular flexibility index (Phi) is 5.09. The van der Waals surface area contributed by atoms with Gasteiger partial charge in [0.2, 0.25) is 0 Å². The minimum atomic E-state index is -4.58. The fourth-order valence-electron chi connectivity index (χ4n) is 2.95. The molecule has 2 heterocycles. The monoisotopic (exact) mass is 341 g/mol. The molecular weight excluding hydrogens is 319 g/mol. The lowest BCUT2D eigenvalue weighted by Gasteiger charge is -2.37. The van der Waals surface area contributed by atoms with E-state index in [0.717, 1.165) is 18.9 Å². The van der Waals surface area contributed by atoms with Crippen LogP contribution in [0.15, 0.2) is 6.07 Å². The Morgan fingerprint density at radius 2 is 2.00 bits per heavy atom. The quantitative estimate of drug-likeness (QED) is 0.814. The molecule has 24 heavy (non-hydrogen) atoms. The normalized spacial score (nSPS) is 19.2. The van der Waals surface area contributed by atoms with E-state index in [1.807, 2.05) is 20.8 Å². The van der Waals surface area contributed by atoms with Crippen LogP contribution in [-0.4, -0.2) is 29.8 Å². The third-order valence-corrected chi connectivity index (χ3v) is 3.74. The Balaban J connectivity index is 2.38. The van der Waals surface area contributed by atoms with Gasteiger partial charge < -0.3 is 9.64 Å². The number of rotatable bonds is 2. The van der Waals surface area contributed by atoms with E-state index in [2.05, 4.69) is 4.98 Å². The molecule has 0 aromatic carbocycles. The fourth-order valence-corrected chi connectivity index (χ4v) is 2.95. The van der Waals surface area contributed by atoms with Crippen LogP contribution in [0.25, 0.3) is 0 Å².